The summed E-state index contributed by atoms with van der Waals surface area (Å²) in [5.74, 6) is -6.27. The lowest BCUT2D eigenvalue weighted by atomic mass is 10.2. The van der Waals surface area contributed by atoms with Crippen molar-refractivity contribution in [1.29, 1.82) is 0 Å². The number of hydrogen-bond donors (Lipinski definition) is 0. The maximum atomic E-state index is 11.3. The van der Waals surface area contributed by atoms with Gasteiger partial charge in [0.1, 0.15) is 0 Å². The average Bonchev–Trinajstić information content (AvgIpc) is 2.60. The molecule has 0 spiro atoms. The number of hydrogen-bond acceptors (Lipinski definition) is 9. The molecule has 0 bridgehead atoms. The zero-order valence-corrected chi connectivity index (χ0v) is 11.2. The number of nitrogens with zero attached hydrogens (tertiary/aromatic N) is 1. The molecule has 1 rings (SSSR count). The first-order valence-corrected chi connectivity index (χ1v) is 5.44. The van der Waals surface area contributed by atoms with E-state index in [1.165, 1.54) is 0 Å². The Morgan fingerprint density at radius 2 is 1.86 bits per heavy atom. The topological polar surface area (TPSA) is 131 Å². The van der Waals surface area contributed by atoms with Crippen molar-refractivity contribution in [3.05, 3.63) is 22.2 Å². The molecule has 0 aromatic rings. The van der Waals surface area contributed by atoms with Crippen LogP contribution in [0, 0.1) is 10.1 Å². The Hall–Kier alpha value is -2.49. The van der Waals surface area contributed by atoms with Gasteiger partial charge in [-0.1, -0.05) is 0 Å². The minimum atomic E-state index is -3.33. The third-order valence-corrected chi connectivity index (χ3v) is 1.91. The zero-order chi connectivity index (χ0) is 18.9. The highest BCUT2D eigenvalue weighted by Crippen LogP contribution is 2.32. The van der Waals surface area contributed by atoms with E-state index in [-0.39, 0.29) is 0 Å². The lowest BCUT2D eigenvalue weighted by Crippen LogP contribution is -2.50. The molecule has 116 valence electrons. The standard InChI is InChI=1S/C11H13NO9/c1-6(13)18-10(19-7(2)14)11(20-8(3)15)5-4-9(21-11)12(16)17/h4-5,9-10H,1-3H3/i4D,5D,9D. The molecule has 0 radical (unpaired) electrons. The summed E-state index contributed by atoms with van der Waals surface area (Å²) in [6, 6.07) is -2.48. The van der Waals surface area contributed by atoms with Gasteiger partial charge >= 0.3 is 36.2 Å². The van der Waals surface area contributed by atoms with Crippen molar-refractivity contribution >= 4 is 17.9 Å². The van der Waals surface area contributed by atoms with Crippen molar-refractivity contribution in [2.45, 2.75) is 39.1 Å². The van der Waals surface area contributed by atoms with E-state index in [9.17, 15) is 24.5 Å². The van der Waals surface area contributed by atoms with Gasteiger partial charge in [-0.05, 0) is 0 Å². The van der Waals surface area contributed by atoms with Crippen LogP contribution in [-0.4, -0.2) is 41.1 Å². The zero-order valence-electron chi connectivity index (χ0n) is 14.2. The third kappa shape index (κ3) is 4.24. The van der Waals surface area contributed by atoms with E-state index in [2.05, 4.69) is 14.2 Å². The van der Waals surface area contributed by atoms with Crippen molar-refractivity contribution in [2.24, 2.45) is 0 Å². The van der Waals surface area contributed by atoms with E-state index >= 15 is 0 Å². The molecule has 0 aliphatic carbocycles. The fourth-order valence-electron chi connectivity index (χ4n) is 1.31. The number of esters is 3. The summed E-state index contributed by atoms with van der Waals surface area (Å²) < 4.78 is 41.5. The molecule has 0 aromatic carbocycles. The largest absolute Gasteiger partial charge is 0.421 e. The Bertz CT molecular complexity index is 620. The van der Waals surface area contributed by atoms with Gasteiger partial charge in [-0.15, -0.1) is 0 Å². The molecule has 1 aliphatic rings. The molecule has 2 atom stereocenters. The Balaban J connectivity index is 3.53. The van der Waals surface area contributed by atoms with Crippen LogP contribution in [0.25, 0.3) is 0 Å². The molecule has 0 saturated carbocycles. The number of carbonyl (C=O) groups is 3. The van der Waals surface area contributed by atoms with Crippen molar-refractivity contribution in [3.63, 3.8) is 0 Å². The van der Waals surface area contributed by atoms with E-state index in [1.54, 1.807) is 0 Å². The first-order chi connectivity index (χ1) is 10.9. The van der Waals surface area contributed by atoms with Crippen molar-refractivity contribution in [2.75, 3.05) is 0 Å². The first kappa shape index (κ1) is 12.3. The molecule has 2 unspecified atom stereocenters. The highest BCUT2D eigenvalue weighted by atomic mass is 16.8. The molecular weight excluding hydrogens is 290 g/mol. The summed E-state index contributed by atoms with van der Waals surface area (Å²) in [4.78, 5) is 43.4. The van der Waals surface area contributed by atoms with Crippen LogP contribution in [0.15, 0.2) is 12.1 Å². The van der Waals surface area contributed by atoms with Gasteiger partial charge < -0.3 is 14.2 Å². The van der Waals surface area contributed by atoms with Gasteiger partial charge in [-0.25, -0.2) is 0 Å². The predicted molar refractivity (Wildman–Crippen MR) is 62.8 cm³/mol. The van der Waals surface area contributed by atoms with Gasteiger partial charge in [0.15, 0.2) is 1.37 Å². The van der Waals surface area contributed by atoms with Crippen molar-refractivity contribution in [1.82, 2.24) is 0 Å². The smallest absolute Gasteiger partial charge is 0.339 e. The van der Waals surface area contributed by atoms with Crippen LogP contribution in [0.3, 0.4) is 0 Å². The van der Waals surface area contributed by atoms with Crippen LogP contribution in [0.4, 0.5) is 0 Å². The summed E-state index contributed by atoms with van der Waals surface area (Å²) in [5, 5.41) is 11.0. The van der Waals surface area contributed by atoms with Gasteiger partial charge in [0.25, 0.3) is 0 Å². The SMILES string of the molecule is [2H]C1=C([2H])C([2H])([N+](=O)[O-])OC1(OC(C)=O)C(OC(C)=O)OC(C)=O. The molecule has 0 amide bonds. The van der Waals surface area contributed by atoms with Gasteiger partial charge in [0, 0.05) is 32.9 Å². The second-order valence-corrected chi connectivity index (χ2v) is 3.73. The molecule has 21 heavy (non-hydrogen) atoms. The molecule has 0 saturated heterocycles. The first-order valence-electron chi connectivity index (χ1n) is 6.94. The Kier molecular flexibility index (Phi) is 3.68. The highest BCUT2D eigenvalue weighted by molar-refractivity contribution is 5.69. The summed E-state index contributed by atoms with van der Waals surface area (Å²) in [7, 11) is 0. The van der Waals surface area contributed by atoms with Crippen LogP contribution in [0.2, 0.25) is 0 Å². The van der Waals surface area contributed by atoms with E-state index in [0.717, 1.165) is 20.8 Å². The molecule has 10 nitrogen and oxygen atoms in total. The normalized spacial score (nSPS) is 30.2. The molecule has 10 heteroatoms. The van der Waals surface area contributed by atoms with Crippen molar-refractivity contribution in [3.8, 4) is 0 Å². The Morgan fingerprint density at radius 3 is 2.19 bits per heavy atom. The second-order valence-electron chi connectivity index (χ2n) is 3.73. The minimum Gasteiger partial charge on any atom is -0.421 e. The summed E-state index contributed by atoms with van der Waals surface area (Å²) >= 11 is 0. The number of rotatable bonds is 5. The van der Waals surface area contributed by atoms with E-state index in [0.29, 0.717) is 0 Å². The number of carbonyl (C=O) groups excluding carboxylic acids is 3. The van der Waals surface area contributed by atoms with Gasteiger partial charge in [0.05, 0.1) is 7.66 Å². The summed E-state index contributed by atoms with van der Waals surface area (Å²) in [6.07, 6.45) is -5.60. The lowest BCUT2D eigenvalue weighted by Gasteiger charge is -2.32. The second kappa shape index (κ2) is 6.31. The van der Waals surface area contributed by atoms with Crippen LogP contribution in [-0.2, 0) is 33.3 Å². The number of nitro groups is 1. The van der Waals surface area contributed by atoms with Crippen LogP contribution in [0.1, 0.15) is 24.9 Å². The maximum absolute atomic E-state index is 11.3. The van der Waals surface area contributed by atoms with Gasteiger partial charge in [0.2, 0.25) is 0 Å². The van der Waals surface area contributed by atoms with Gasteiger partial charge in [-0.3, -0.25) is 29.2 Å². The Morgan fingerprint density at radius 1 is 1.33 bits per heavy atom. The fourth-order valence-corrected chi connectivity index (χ4v) is 1.31. The molecule has 0 N–H and O–H groups in total. The lowest BCUT2D eigenvalue weighted by molar-refractivity contribution is -0.574. The average molecular weight is 306 g/mol. The summed E-state index contributed by atoms with van der Waals surface area (Å²) in [5.41, 5.74) is 0. The fraction of sp³-hybridized carbons (Fsp3) is 0.545. The maximum Gasteiger partial charge on any atom is 0.339 e. The van der Waals surface area contributed by atoms with Crippen LogP contribution in [0.5, 0.6) is 0 Å². The molecule has 0 fully saturated rings. The summed E-state index contributed by atoms with van der Waals surface area (Å²) in [6.45, 7) is 2.59. The molecule has 1 heterocycles. The van der Waals surface area contributed by atoms with Gasteiger partial charge in [-0.2, -0.15) is 0 Å². The predicted octanol–water partition coefficient (Wildman–Crippen LogP) is -0.113. The quantitative estimate of drug-likeness (QED) is 0.224. The minimum absolute atomic E-state index is 0.830. The molecule has 1 aliphatic heterocycles. The van der Waals surface area contributed by atoms with Crippen LogP contribution < -0.4 is 0 Å². The number of ether oxygens (including phenoxy) is 4. The monoisotopic (exact) mass is 306 g/mol. The third-order valence-electron chi connectivity index (χ3n) is 1.91. The molecular formula is C11H13NO9. The van der Waals surface area contributed by atoms with Crippen LogP contribution >= 0.6 is 0 Å². The molecule has 0 aromatic heterocycles. The van der Waals surface area contributed by atoms with E-state index < -0.39 is 53.2 Å². The van der Waals surface area contributed by atoms with Crippen molar-refractivity contribution < 1.29 is 42.4 Å². The highest BCUT2D eigenvalue weighted by Gasteiger charge is 2.54. The van der Waals surface area contributed by atoms with E-state index in [4.69, 9.17) is 8.85 Å². The van der Waals surface area contributed by atoms with E-state index in [1.807, 2.05) is 0 Å². The Labute approximate surface area is 122 Å².